The van der Waals surface area contributed by atoms with Gasteiger partial charge in [-0.15, -0.1) is 0 Å². The van der Waals surface area contributed by atoms with Gasteiger partial charge in [0.2, 0.25) is 0 Å². The second-order valence-electron chi connectivity index (χ2n) is 4.81. The van der Waals surface area contributed by atoms with Crippen LogP contribution in [0.5, 0.6) is 0 Å². The Morgan fingerprint density at radius 2 is 2.33 bits per heavy atom. The molecule has 0 aliphatic carbocycles. The Bertz CT molecular complexity index is 500. The lowest BCUT2D eigenvalue weighted by molar-refractivity contribution is -0.134. The van der Waals surface area contributed by atoms with Crippen molar-refractivity contribution < 1.29 is 14.3 Å². The fraction of sp³-hybridized carbons (Fsp3) is 0.462. The van der Waals surface area contributed by atoms with Crippen molar-refractivity contribution in [2.45, 2.75) is 18.4 Å². The molecule has 0 saturated carbocycles. The van der Waals surface area contributed by atoms with E-state index >= 15 is 0 Å². The second-order valence-corrected chi connectivity index (χ2v) is 5.92. The summed E-state index contributed by atoms with van der Waals surface area (Å²) in [6.07, 6.45) is 1.21. The second kappa shape index (κ2) is 4.24. The zero-order chi connectivity index (χ0) is 12.8. The molecule has 2 aliphatic rings. The predicted octanol–water partition coefficient (Wildman–Crippen LogP) is 1.58. The lowest BCUT2D eigenvalue weighted by Crippen LogP contribution is -2.48. The SMILES string of the molecule is O=C(N1CCc2ccc(F)cc21)C1(O)CCSC1. The number of halogens is 1. The van der Waals surface area contributed by atoms with Crippen LogP contribution in [0.3, 0.4) is 0 Å². The molecule has 5 heteroatoms. The van der Waals surface area contributed by atoms with Gasteiger partial charge in [0.1, 0.15) is 5.82 Å². The summed E-state index contributed by atoms with van der Waals surface area (Å²) in [7, 11) is 0. The summed E-state index contributed by atoms with van der Waals surface area (Å²) in [4.78, 5) is 13.9. The van der Waals surface area contributed by atoms with Gasteiger partial charge in [-0.2, -0.15) is 11.8 Å². The van der Waals surface area contributed by atoms with Crippen molar-refractivity contribution in [1.29, 1.82) is 0 Å². The van der Waals surface area contributed by atoms with Crippen LogP contribution in [0.15, 0.2) is 18.2 Å². The van der Waals surface area contributed by atoms with E-state index in [1.54, 1.807) is 17.8 Å². The first kappa shape index (κ1) is 12.0. The third kappa shape index (κ3) is 1.82. The molecule has 2 aliphatic heterocycles. The highest BCUT2D eigenvalue weighted by Crippen LogP contribution is 2.35. The van der Waals surface area contributed by atoms with Gasteiger partial charge >= 0.3 is 0 Å². The fourth-order valence-corrected chi connectivity index (χ4v) is 3.77. The molecule has 1 amide bonds. The minimum atomic E-state index is -1.27. The monoisotopic (exact) mass is 267 g/mol. The minimum Gasteiger partial charge on any atom is -0.379 e. The highest BCUT2D eigenvalue weighted by molar-refractivity contribution is 7.99. The lowest BCUT2D eigenvalue weighted by Gasteiger charge is -2.27. The van der Waals surface area contributed by atoms with Crippen molar-refractivity contribution in [2.75, 3.05) is 23.0 Å². The van der Waals surface area contributed by atoms with Crippen LogP contribution in [0, 0.1) is 5.82 Å². The molecule has 18 heavy (non-hydrogen) atoms. The first-order valence-electron chi connectivity index (χ1n) is 6.01. The number of nitrogens with zero attached hydrogens (tertiary/aromatic N) is 1. The summed E-state index contributed by atoms with van der Waals surface area (Å²) in [6.45, 7) is 0.532. The first-order valence-corrected chi connectivity index (χ1v) is 7.16. The molecule has 3 rings (SSSR count). The molecule has 0 bridgehead atoms. The molecule has 96 valence electrons. The van der Waals surface area contributed by atoms with Gasteiger partial charge in [-0.3, -0.25) is 4.79 Å². The molecule has 0 radical (unpaired) electrons. The van der Waals surface area contributed by atoms with E-state index < -0.39 is 5.60 Å². The summed E-state index contributed by atoms with van der Waals surface area (Å²) < 4.78 is 13.3. The summed E-state index contributed by atoms with van der Waals surface area (Å²) in [5.74, 6) is 0.608. The van der Waals surface area contributed by atoms with Crippen LogP contribution in [0.4, 0.5) is 10.1 Å². The van der Waals surface area contributed by atoms with Gasteiger partial charge in [-0.05, 0) is 36.3 Å². The van der Waals surface area contributed by atoms with Crippen molar-refractivity contribution in [3.8, 4) is 0 Å². The number of hydrogen-bond acceptors (Lipinski definition) is 3. The molecule has 1 saturated heterocycles. The van der Waals surface area contributed by atoms with Gasteiger partial charge < -0.3 is 10.0 Å². The van der Waals surface area contributed by atoms with Crippen LogP contribution in [0.25, 0.3) is 0 Å². The maximum atomic E-state index is 13.3. The molecule has 2 heterocycles. The van der Waals surface area contributed by atoms with E-state index in [9.17, 15) is 14.3 Å². The van der Waals surface area contributed by atoms with E-state index in [4.69, 9.17) is 0 Å². The standard InChI is InChI=1S/C13H14FNO2S/c14-10-2-1-9-3-5-15(11(9)7-10)12(16)13(17)4-6-18-8-13/h1-2,7,17H,3-6,8H2. The third-order valence-corrected chi connectivity index (χ3v) is 4.76. The first-order chi connectivity index (χ1) is 8.60. The van der Waals surface area contributed by atoms with Crippen LogP contribution in [-0.4, -0.2) is 34.7 Å². The molecular weight excluding hydrogens is 253 g/mol. The quantitative estimate of drug-likeness (QED) is 0.840. The molecule has 1 N–H and O–H groups in total. The molecular formula is C13H14FNO2S. The number of carbonyl (C=O) groups excluding carboxylic acids is 1. The Morgan fingerprint density at radius 3 is 3.06 bits per heavy atom. The average molecular weight is 267 g/mol. The van der Waals surface area contributed by atoms with E-state index in [1.807, 2.05) is 0 Å². The zero-order valence-electron chi connectivity index (χ0n) is 9.86. The van der Waals surface area contributed by atoms with Crippen LogP contribution >= 0.6 is 11.8 Å². The number of rotatable bonds is 1. The Kier molecular flexibility index (Phi) is 2.83. The van der Waals surface area contributed by atoms with Crippen molar-refractivity contribution in [3.63, 3.8) is 0 Å². The third-order valence-electron chi connectivity index (χ3n) is 3.59. The molecule has 1 atom stereocenters. The Morgan fingerprint density at radius 1 is 1.50 bits per heavy atom. The van der Waals surface area contributed by atoms with Gasteiger partial charge in [0.25, 0.3) is 5.91 Å². The highest BCUT2D eigenvalue weighted by atomic mass is 32.2. The molecule has 1 unspecified atom stereocenters. The maximum absolute atomic E-state index is 13.3. The molecule has 0 aromatic heterocycles. The number of benzene rings is 1. The average Bonchev–Trinajstić information content (AvgIpc) is 2.95. The van der Waals surface area contributed by atoms with E-state index in [0.717, 1.165) is 17.7 Å². The highest BCUT2D eigenvalue weighted by Gasteiger charge is 2.44. The predicted molar refractivity (Wildman–Crippen MR) is 69.3 cm³/mol. The summed E-state index contributed by atoms with van der Waals surface area (Å²) >= 11 is 1.58. The van der Waals surface area contributed by atoms with Crippen molar-refractivity contribution in [1.82, 2.24) is 0 Å². The summed E-state index contributed by atoms with van der Waals surface area (Å²) in [5.41, 5.74) is 0.322. The maximum Gasteiger partial charge on any atom is 0.259 e. The number of fused-ring (bicyclic) bond motifs is 1. The number of hydrogen-bond donors (Lipinski definition) is 1. The number of amides is 1. The topological polar surface area (TPSA) is 40.5 Å². The van der Waals surface area contributed by atoms with Crippen LogP contribution in [0.1, 0.15) is 12.0 Å². The Hall–Kier alpha value is -1.07. The normalized spacial score (nSPS) is 26.4. The number of aliphatic hydroxyl groups is 1. The largest absolute Gasteiger partial charge is 0.379 e. The molecule has 1 aromatic rings. The van der Waals surface area contributed by atoms with Crippen LogP contribution in [0.2, 0.25) is 0 Å². The summed E-state index contributed by atoms with van der Waals surface area (Å²) in [6, 6.07) is 4.50. The molecule has 3 nitrogen and oxygen atoms in total. The number of thioether (sulfide) groups is 1. The van der Waals surface area contributed by atoms with Crippen molar-refractivity contribution in [3.05, 3.63) is 29.6 Å². The lowest BCUT2D eigenvalue weighted by atomic mass is 10.0. The fourth-order valence-electron chi connectivity index (χ4n) is 2.54. The van der Waals surface area contributed by atoms with E-state index in [2.05, 4.69) is 0 Å². The molecule has 1 fully saturated rings. The van der Waals surface area contributed by atoms with Crippen LogP contribution < -0.4 is 4.90 Å². The van der Waals surface area contributed by atoms with E-state index in [-0.39, 0.29) is 11.7 Å². The molecule has 0 spiro atoms. The number of anilines is 1. The Balaban J connectivity index is 1.92. The van der Waals surface area contributed by atoms with Gasteiger partial charge in [0, 0.05) is 18.0 Å². The Labute approximate surface area is 109 Å². The van der Waals surface area contributed by atoms with Crippen molar-refractivity contribution >= 4 is 23.4 Å². The van der Waals surface area contributed by atoms with Crippen LogP contribution in [-0.2, 0) is 11.2 Å². The van der Waals surface area contributed by atoms with Gasteiger partial charge in [0.05, 0.1) is 0 Å². The van der Waals surface area contributed by atoms with E-state index in [0.29, 0.717) is 24.4 Å². The van der Waals surface area contributed by atoms with Gasteiger partial charge in [-0.1, -0.05) is 6.07 Å². The van der Waals surface area contributed by atoms with Crippen molar-refractivity contribution in [2.24, 2.45) is 0 Å². The molecule has 1 aromatic carbocycles. The minimum absolute atomic E-state index is 0.281. The summed E-state index contributed by atoms with van der Waals surface area (Å²) in [5, 5.41) is 10.3. The smallest absolute Gasteiger partial charge is 0.259 e. The van der Waals surface area contributed by atoms with Gasteiger partial charge in [-0.25, -0.2) is 4.39 Å². The number of carbonyl (C=O) groups is 1. The van der Waals surface area contributed by atoms with Gasteiger partial charge in [0.15, 0.2) is 5.60 Å². The zero-order valence-corrected chi connectivity index (χ0v) is 10.7. The van der Waals surface area contributed by atoms with E-state index in [1.165, 1.54) is 17.0 Å².